The van der Waals surface area contributed by atoms with Crippen LogP contribution >= 0.6 is 0 Å². The number of amides is 1. The first kappa shape index (κ1) is 18.3. The van der Waals surface area contributed by atoms with Gasteiger partial charge in [0, 0.05) is 20.0 Å². The zero-order chi connectivity index (χ0) is 19.9. The zero-order valence-corrected chi connectivity index (χ0v) is 15.2. The second kappa shape index (κ2) is 6.85. The van der Waals surface area contributed by atoms with Crippen LogP contribution in [-0.4, -0.2) is 24.0 Å². The van der Waals surface area contributed by atoms with Gasteiger partial charge in [0.25, 0.3) is 0 Å². The Labute approximate surface area is 159 Å². The highest BCUT2D eigenvalue weighted by Crippen LogP contribution is 2.34. The van der Waals surface area contributed by atoms with E-state index >= 15 is 0 Å². The number of benzene rings is 2. The Bertz CT molecular complexity index is 1030. The van der Waals surface area contributed by atoms with E-state index in [1.807, 2.05) is 29.2 Å². The molecule has 0 aliphatic carbocycles. The van der Waals surface area contributed by atoms with E-state index in [1.165, 1.54) is 13.0 Å². The normalized spacial score (nSPS) is 14.9. The number of halogens is 3. The smallest absolute Gasteiger partial charge is 0.416 e. The van der Waals surface area contributed by atoms with Crippen molar-refractivity contribution in [2.24, 2.45) is 0 Å². The van der Waals surface area contributed by atoms with Gasteiger partial charge in [0.2, 0.25) is 11.8 Å². The van der Waals surface area contributed by atoms with Crippen molar-refractivity contribution in [1.29, 1.82) is 0 Å². The summed E-state index contributed by atoms with van der Waals surface area (Å²) in [7, 11) is 0. The van der Waals surface area contributed by atoms with Crippen molar-refractivity contribution in [1.82, 2.24) is 4.98 Å². The predicted molar refractivity (Wildman–Crippen MR) is 99.1 cm³/mol. The third-order valence-corrected chi connectivity index (χ3v) is 4.79. The van der Waals surface area contributed by atoms with Crippen LogP contribution in [0.3, 0.4) is 0 Å². The number of nitrogens with zero attached hydrogens (tertiary/aromatic N) is 3. The fourth-order valence-electron chi connectivity index (χ4n) is 3.49. The Kier molecular flexibility index (Phi) is 4.49. The molecular weight excluding hydrogens is 371 g/mol. The van der Waals surface area contributed by atoms with Crippen LogP contribution in [0.1, 0.15) is 24.8 Å². The molecule has 1 aliphatic rings. The summed E-state index contributed by atoms with van der Waals surface area (Å²) < 4.78 is 44.4. The van der Waals surface area contributed by atoms with Crippen LogP contribution in [0.4, 0.5) is 24.5 Å². The maximum Gasteiger partial charge on any atom is 0.416 e. The van der Waals surface area contributed by atoms with E-state index in [9.17, 15) is 18.0 Å². The molecule has 0 saturated carbocycles. The van der Waals surface area contributed by atoms with Gasteiger partial charge in [-0.3, -0.25) is 4.79 Å². The van der Waals surface area contributed by atoms with E-state index in [2.05, 4.69) is 4.98 Å². The van der Waals surface area contributed by atoms with Crippen LogP contribution in [0.15, 0.2) is 46.9 Å². The molecular formula is C20H18F3N3O2. The topological polar surface area (TPSA) is 49.6 Å². The second-order valence-electron chi connectivity index (χ2n) is 6.72. The first-order valence-corrected chi connectivity index (χ1v) is 8.91. The van der Waals surface area contributed by atoms with Gasteiger partial charge in [-0.2, -0.15) is 13.2 Å². The molecule has 1 aliphatic heterocycles. The number of aromatic nitrogens is 1. The number of para-hydroxylation sites is 2. The number of carbonyl (C=O) groups excluding carboxylic acids is 1. The van der Waals surface area contributed by atoms with E-state index in [0.717, 1.165) is 29.9 Å². The lowest BCUT2D eigenvalue weighted by Gasteiger charge is -2.25. The van der Waals surface area contributed by atoms with Gasteiger partial charge in [-0.15, -0.1) is 0 Å². The van der Waals surface area contributed by atoms with Crippen molar-refractivity contribution < 1.29 is 22.4 Å². The number of hydrogen-bond donors (Lipinski definition) is 0. The van der Waals surface area contributed by atoms with Gasteiger partial charge in [0.15, 0.2) is 5.58 Å². The first-order chi connectivity index (χ1) is 13.3. The summed E-state index contributed by atoms with van der Waals surface area (Å²) in [6.07, 6.45) is -3.67. The Balaban J connectivity index is 1.66. The summed E-state index contributed by atoms with van der Waals surface area (Å²) in [5.41, 5.74) is 1.42. The van der Waals surface area contributed by atoms with Crippen molar-refractivity contribution in [3.05, 3.63) is 53.9 Å². The summed E-state index contributed by atoms with van der Waals surface area (Å²) in [5, 5.41) is 0. The number of rotatable bonds is 2. The van der Waals surface area contributed by atoms with Crippen LogP contribution in [0.2, 0.25) is 0 Å². The van der Waals surface area contributed by atoms with Gasteiger partial charge >= 0.3 is 6.18 Å². The standard InChI is InChI=1S/C20H18F3N3O2/c1-13(27)26-10-4-9-25(16-5-2-3-6-17(16)26)12-19-24-15-11-14(20(21,22)23)7-8-18(15)28-19/h2-3,5-8,11H,4,9-10,12H2,1H3. The molecule has 0 atom stereocenters. The van der Waals surface area contributed by atoms with Gasteiger partial charge in [-0.25, -0.2) is 4.98 Å². The van der Waals surface area contributed by atoms with Crippen LogP contribution < -0.4 is 9.80 Å². The third kappa shape index (κ3) is 3.42. The fourth-order valence-corrected chi connectivity index (χ4v) is 3.49. The van der Waals surface area contributed by atoms with Gasteiger partial charge in [0.05, 0.1) is 23.5 Å². The maximum absolute atomic E-state index is 12.9. The van der Waals surface area contributed by atoms with Crippen LogP contribution in [-0.2, 0) is 17.5 Å². The van der Waals surface area contributed by atoms with Gasteiger partial charge in [0.1, 0.15) is 5.52 Å². The van der Waals surface area contributed by atoms with Crippen LogP contribution in [0.25, 0.3) is 11.1 Å². The molecule has 1 aromatic heterocycles. The average Bonchev–Trinajstić information content (AvgIpc) is 2.95. The van der Waals surface area contributed by atoms with Crippen LogP contribution in [0, 0.1) is 0 Å². The van der Waals surface area contributed by atoms with Crippen molar-refractivity contribution in [3.63, 3.8) is 0 Å². The molecule has 1 amide bonds. The van der Waals surface area contributed by atoms with E-state index in [1.54, 1.807) is 4.90 Å². The zero-order valence-electron chi connectivity index (χ0n) is 15.2. The van der Waals surface area contributed by atoms with Crippen molar-refractivity contribution in [2.45, 2.75) is 26.1 Å². The van der Waals surface area contributed by atoms with Crippen molar-refractivity contribution >= 4 is 28.4 Å². The summed E-state index contributed by atoms with van der Waals surface area (Å²) >= 11 is 0. The predicted octanol–water partition coefficient (Wildman–Crippen LogP) is 4.61. The minimum atomic E-state index is -4.42. The fraction of sp³-hybridized carbons (Fsp3) is 0.300. The van der Waals surface area contributed by atoms with E-state index in [0.29, 0.717) is 31.1 Å². The molecule has 0 radical (unpaired) electrons. The molecule has 0 saturated heterocycles. The molecule has 0 spiro atoms. The molecule has 0 N–H and O–H groups in total. The highest BCUT2D eigenvalue weighted by Gasteiger charge is 2.31. The Morgan fingerprint density at radius 1 is 1.14 bits per heavy atom. The molecule has 28 heavy (non-hydrogen) atoms. The van der Waals surface area contributed by atoms with Gasteiger partial charge in [-0.05, 0) is 36.8 Å². The SMILES string of the molecule is CC(=O)N1CCCN(Cc2nc3cc(C(F)(F)F)ccc3o2)c2ccccc21. The largest absolute Gasteiger partial charge is 0.439 e. The number of oxazole rings is 1. The maximum atomic E-state index is 12.9. The first-order valence-electron chi connectivity index (χ1n) is 8.91. The number of carbonyl (C=O) groups is 1. The second-order valence-corrected chi connectivity index (χ2v) is 6.72. The average molecular weight is 389 g/mol. The van der Waals surface area contributed by atoms with E-state index < -0.39 is 11.7 Å². The van der Waals surface area contributed by atoms with Crippen LogP contribution in [0.5, 0.6) is 0 Å². The molecule has 146 valence electrons. The third-order valence-electron chi connectivity index (χ3n) is 4.79. The Hall–Kier alpha value is -3.03. The summed E-state index contributed by atoms with van der Waals surface area (Å²) in [4.78, 5) is 20.0. The van der Waals surface area contributed by atoms with E-state index in [4.69, 9.17) is 4.42 Å². The monoisotopic (exact) mass is 389 g/mol. The molecule has 0 bridgehead atoms. The molecule has 2 aromatic carbocycles. The Morgan fingerprint density at radius 2 is 1.89 bits per heavy atom. The number of anilines is 2. The summed E-state index contributed by atoms with van der Waals surface area (Å²) in [6, 6.07) is 10.8. The van der Waals surface area contributed by atoms with Gasteiger partial charge in [-0.1, -0.05) is 12.1 Å². The molecule has 8 heteroatoms. The lowest BCUT2D eigenvalue weighted by Crippen LogP contribution is -2.28. The molecule has 4 rings (SSSR count). The highest BCUT2D eigenvalue weighted by molar-refractivity contribution is 5.95. The van der Waals surface area contributed by atoms with Crippen molar-refractivity contribution in [3.8, 4) is 0 Å². The quantitative estimate of drug-likeness (QED) is 0.642. The minimum Gasteiger partial charge on any atom is -0.439 e. The molecule has 0 fully saturated rings. The lowest BCUT2D eigenvalue weighted by atomic mass is 10.2. The number of alkyl halides is 3. The number of hydrogen-bond acceptors (Lipinski definition) is 4. The molecule has 0 unspecified atom stereocenters. The highest BCUT2D eigenvalue weighted by atomic mass is 19.4. The van der Waals surface area contributed by atoms with Crippen molar-refractivity contribution in [2.75, 3.05) is 22.9 Å². The number of fused-ring (bicyclic) bond motifs is 2. The molecule has 2 heterocycles. The Morgan fingerprint density at radius 3 is 2.61 bits per heavy atom. The lowest BCUT2D eigenvalue weighted by molar-refractivity contribution is -0.137. The summed E-state index contributed by atoms with van der Waals surface area (Å²) in [6.45, 7) is 3.11. The molecule has 3 aromatic rings. The minimum absolute atomic E-state index is 0.0316. The van der Waals surface area contributed by atoms with E-state index in [-0.39, 0.29) is 11.4 Å². The summed E-state index contributed by atoms with van der Waals surface area (Å²) in [5.74, 6) is 0.302. The van der Waals surface area contributed by atoms with Gasteiger partial charge < -0.3 is 14.2 Å². The molecule has 5 nitrogen and oxygen atoms in total.